The van der Waals surface area contributed by atoms with Crippen molar-refractivity contribution in [3.8, 4) is 0 Å². The molecule has 0 radical (unpaired) electrons. The van der Waals surface area contributed by atoms with E-state index >= 15 is 0 Å². The summed E-state index contributed by atoms with van der Waals surface area (Å²) in [5.74, 6) is -4.38. The molecule has 2 N–H and O–H groups in total. The third kappa shape index (κ3) is 3.22. The number of carbonyl (C=O) groups excluding carboxylic acids is 4. The fourth-order valence-corrected chi connectivity index (χ4v) is 5.84. The molecular formula is C25H23NO8. The van der Waals surface area contributed by atoms with Gasteiger partial charge in [-0.05, 0) is 43.9 Å². The number of rotatable bonds is 5. The van der Waals surface area contributed by atoms with Crippen molar-refractivity contribution < 1.29 is 38.6 Å². The summed E-state index contributed by atoms with van der Waals surface area (Å²) in [6.07, 6.45) is 3.25. The number of ketones is 2. The first-order chi connectivity index (χ1) is 16.2. The topological polar surface area (TPSA) is 142 Å². The van der Waals surface area contributed by atoms with Gasteiger partial charge in [-0.3, -0.25) is 28.9 Å². The maximum absolute atomic E-state index is 13.3. The third-order valence-electron chi connectivity index (χ3n) is 7.33. The number of amides is 2. The normalized spacial score (nSPS) is 28.5. The van der Waals surface area contributed by atoms with Gasteiger partial charge in [0.15, 0.2) is 11.6 Å². The molecule has 4 aliphatic rings. The molecule has 9 heteroatoms. The molecule has 0 bridgehead atoms. The van der Waals surface area contributed by atoms with E-state index in [1.165, 1.54) is 6.08 Å². The average molecular weight is 465 g/mol. The summed E-state index contributed by atoms with van der Waals surface area (Å²) in [7, 11) is 0. The van der Waals surface area contributed by atoms with E-state index in [4.69, 9.17) is 9.52 Å². The number of aliphatic hydroxyl groups is 1. The Hall–Kier alpha value is -3.59. The smallest absolute Gasteiger partial charge is 0.305 e. The summed E-state index contributed by atoms with van der Waals surface area (Å²) >= 11 is 0. The number of carboxylic acid groups (broad SMARTS) is 1. The lowest BCUT2D eigenvalue weighted by Crippen LogP contribution is -2.39. The molecular weight excluding hydrogens is 442 g/mol. The number of furan rings is 1. The standard InChI is InChI=1S/C25H23NO8/c1-11-8-17(28)21-16(23(11)31)9-15-13(22(21)18-5-2-12(10-27)34-18)3-4-14-20(15)25(33)26(24(14)32)7-6-19(29)30/h2-3,5,8,14-15,20,22,27H,4,6-7,9-10H2,1H3,(H,29,30)/t14-,15+,20-,22+/m0/s1. The molecule has 1 saturated heterocycles. The van der Waals surface area contributed by atoms with E-state index in [9.17, 15) is 29.1 Å². The Morgan fingerprint density at radius 3 is 2.59 bits per heavy atom. The number of hydrogen-bond donors (Lipinski definition) is 2. The Morgan fingerprint density at radius 1 is 1.15 bits per heavy atom. The van der Waals surface area contributed by atoms with Crippen molar-refractivity contribution in [3.63, 3.8) is 0 Å². The van der Waals surface area contributed by atoms with Gasteiger partial charge in [0.25, 0.3) is 0 Å². The van der Waals surface area contributed by atoms with Crippen molar-refractivity contribution in [2.75, 3.05) is 6.54 Å². The largest absolute Gasteiger partial charge is 0.481 e. The Bertz CT molecular complexity index is 1250. The van der Waals surface area contributed by atoms with Crippen molar-refractivity contribution >= 4 is 29.4 Å². The first kappa shape index (κ1) is 22.2. The van der Waals surface area contributed by atoms with Crippen LogP contribution in [0.15, 0.2) is 51.0 Å². The monoisotopic (exact) mass is 465 g/mol. The second kappa shape index (κ2) is 8.02. The summed E-state index contributed by atoms with van der Waals surface area (Å²) in [5, 5.41) is 18.5. The molecule has 1 fully saturated rings. The number of allylic oxidation sites excluding steroid dienone is 6. The van der Waals surface area contributed by atoms with Crippen LogP contribution < -0.4 is 0 Å². The van der Waals surface area contributed by atoms with Gasteiger partial charge in [-0.1, -0.05) is 11.6 Å². The van der Waals surface area contributed by atoms with Crippen molar-refractivity contribution in [3.05, 3.63) is 58.1 Å². The minimum absolute atomic E-state index is 0.147. The zero-order valence-electron chi connectivity index (χ0n) is 18.4. The molecule has 34 heavy (non-hydrogen) atoms. The Labute approximate surface area is 194 Å². The van der Waals surface area contributed by atoms with Crippen molar-refractivity contribution in [2.45, 2.75) is 38.7 Å². The minimum atomic E-state index is -1.10. The number of imide groups is 1. The summed E-state index contributed by atoms with van der Waals surface area (Å²) in [6.45, 7) is 1.04. The molecule has 0 saturated carbocycles. The van der Waals surface area contributed by atoms with Crippen molar-refractivity contribution in [1.82, 2.24) is 4.90 Å². The predicted molar refractivity (Wildman–Crippen MR) is 115 cm³/mol. The number of aliphatic carboxylic acids is 1. The summed E-state index contributed by atoms with van der Waals surface area (Å²) in [6, 6.07) is 3.25. The number of nitrogens with zero attached hydrogens (tertiary/aromatic N) is 1. The Morgan fingerprint density at radius 2 is 1.91 bits per heavy atom. The van der Waals surface area contributed by atoms with Gasteiger partial charge in [-0.25, -0.2) is 0 Å². The van der Waals surface area contributed by atoms with Crippen LogP contribution >= 0.6 is 0 Å². The van der Waals surface area contributed by atoms with E-state index in [2.05, 4.69) is 0 Å². The first-order valence-electron chi connectivity index (χ1n) is 11.2. The zero-order chi connectivity index (χ0) is 24.3. The molecule has 0 aromatic carbocycles. The molecule has 1 aromatic rings. The van der Waals surface area contributed by atoms with Crippen LogP contribution in [0.1, 0.15) is 43.6 Å². The number of fused-ring (bicyclic) bond motifs is 3. The lowest BCUT2D eigenvalue weighted by molar-refractivity contribution is -0.142. The second-order valence-electron chi connectivity index (χ2n) is 9.16. The van der Waals surface area contributed by atoms with Crippen LogP contribution in [0, 0.1) is 17.8 Å². The molecule has 2 heterocycles. The maximum atomic E-state index is 13.3. The van der Waals surface area contributed by atoms with Crippen molar-refractivity contribution in [1.29, 1.82) is 0 Å². The van der Waals surface area contributed by atoms with E-state index in [0.717, 1.165) is 10.5 Å². The highest BCUT2D eigenvalue weighted by Gasteiger charge is 2.56. The fraction of sp³-hybridized carbons (Fsp3) is 0.400. The van der Waals surface area contributed by atoms with E-state index < -0.39 is 41.5 Å². The maximum Gasteiger partial charge on any atom is 0.305 e. The molecule has 2 amide bonds. The number of carbonyl (C=O) groups is 5. The summed E-state index contributed by atoms with van der Waals surface area (Å²) in [4.78, 5) is 64.5. The predicted octanol–water partition coefficient (Wildman–Crippen LogP) is 1.68. The minimum Gasteiger partial charge on any atom is -0.481 e. The van der Waals surface area contributed by atoms with E-state index in [1.54, 1.807) is 19.1 Å². The van der Waals surface area contributed by atoms with Crippen LogP contribution in [-0.4, -0.2) is 51.0 Å². The molecule has 1 aromatic heterocycles. The molecule has 3 aliphatic carbocycles. The quantitative estimate of drug-likeness (QED) is 0.380. The summed E-state index contributed by atoms with van der Waals surface area (Å²) in [5.41, 5.74) is 1.70. The van der Waals surface area contributed by atoms with E-state index in [0.29, 0.717) is 28.2 Å². The number of hydrogen-bond acceptors (Lipinski definition) is 7. The molecule has 4 atom stereocenters. The molecule has 9 nitrogen and oxygen atoms in total. The highest BCUT2D eigenvalue weighted by Crippen LogP contribution is 2.55. The highest BCUT2D eigenvalue weighted by atomic mass is 16.4. The van der Waals surface area contributed by atoms with E-state index in [1.807, 2.05) is 6.08 Å². The van der Waals surface area contributed by atoms with Crippen LogP contribution in [0.3, 0.4) is 0 Å². The number of aliphatic hydroxyl groups excluding tert-OH is 1. The lowest BCUT2D eigenvalue weighted by atomic mass is 9.60. The number of likely N-dealkylation sites (tertiary alicyclic amines) is 1. The highest BCUT2D eigenvalue weighted by molar-refractivity contribution is 6.23. The molecule has 0 spiro atoms. The van der Waals surface area contributed by atoms with Crippen LogP contribution in [-0.2, 0) is 30.6 Å². The Balaban J connectivity index is 1.60. The SMILES string of the molecule is CC1=CC(=O)C2=C(C[C@@H]3C(=CC[C@@H]4C(=O)N(CCC(=O)O)C(=O)[C@@H]43)[C@@H]2c2ccc(CO)o2)C1=O. The zero-order valence-corrected chi connectivity index (χ0v) is 18.4. The van der Waals surface area contributed by atoms with Crippen LogP contribution in [0.25, 0.3) is 0 Å². The van der Waals surface area contributed by atoms with Crippen LogP contribution in [0.2, 0.25) is 0 Å². The van der Waals surface area contributed by atoms with Gasteiger partial charge >= 0.3 is 5.97 Å². The van der Waals surface area contributed by atoms with Gasteiger partial charge < -0.3 is 14.6 Å². The van der Waals surface area contributed by atoms with Gasteiger partial charge in [0.2, 0.25) is 11.8 Å². The fourth-order valence-electron chi connectivity index (χ4n) is 5.84. The Kier molecular flexibility index (Phi) is 5.24. The first-order valence-corrected chi connectivity index (χ1v) is 11.2. The second-order valence-corrected chi connectivity index (χ2v) is 9.16. The number of carboxylic acids is 1. The van der Waals surface area contributed by atoms with Gasteiger partial charge in [0, 0.05) is 23.3 Å². The van der Waals surface area contributed by atoms with Crippen molar-refractivity contribution in [2.24, 2.45) is 17.8 Å². The molecule has 1 aliphatic heterocycles. The van der Waals surface area contributed by atoms with Gasteiger partial charge in [0.1, 0.15) is 18.1 Å². The van der Waals surface area contributed by atoms with Crippen LogP contribution in [0.4, 0.5) is 0 Å². The summed E-state index contributed by atoms with van der Waals surface area (Å²) < 4.78 is 5.79. The average Bonchev–Trinajstić information content (AvgIpc) is 3.37. The molecule has 0 unspecified atom stereocenters. The molecule has 5 rings (SSSR count). The van der Waals surface area contributed by atoms with E-state index in [-0.39, 0.29) is 44.0 Å². The lowest BCUT2D eigenvalue weighted by Gasteiger charge is -2.41. The van der Waals surface area contributed by atoms with Gasteiger partial charge in [-0.2, -0.15) is 0 Å². The number of Topliss-reactive ketones (excluding diaryl/α,β-unsaturated/α-hetero) is 1. The molecule has 176 valence electrons. The third-order valence-corrected chi connectivity index (χ3v) is 7.33. The van der Waals surface area contributed by atoms with Crippen LogP contribution in [0.5, 0.6) is 0 Å². The van der Waals surface area contributed by atoms with Gasteiger partial charge in [-0.15, -0.1) is 0 Å². The van der Waals surface area contributed by atoms with Gasteiger partial charge in [0.05, 0.1) is 24.2 Å².